The van der Waals surface area contributed by atoms with Crippen LogP contribution in [-0.4, -0.2) is 15.5 Å². The van der Waals surface area contributed by atoms with Gasteiger partial charge in [0.05, 0.1) is 12.9 Å². The summed E-state index contributed by atoms with van der Waals surface area (Å²) in [5.41, 5.74) is -0.980. The molecule has 0 aliphatic rings. The minimum absolute atomic E-state index is 0.481. The van der Waals surface area contributed by atoms with Crippen molar-refractivity contribution in [1.82, 2.24) is 0 Å². The topological polar surface area (TPSA) is 43.4 Å². The molecule has 0 spiro atoms. The summed E-state index contributed by atoms with van der Waals surface area (Å²) in [4.78, 5) is 0. The second-order valence-electron chi connectivity index (χ2n) is 2.85. The fourth-order valence-electron chi connectivity index (χ4n) is 1.08. The van der Waals surface area contributed by atoms with Crippen LogP contribution in [0.4, 0.5) is 13.2 Å². The molecule has 0 aliphatic carbocycles. The summed E-state index contributed by atoms with van der Waals surface area (Å²) in [5.74, 6) is -6.03. The third-order valence-corrected chi connectivity index (χ3v) is 2.71. The maximum absolute atomic E-state index is 13.4. The van der Waals surface area contributed by atoms with Crippen LogP contribution in [0.2, 0.25) is 0 Å². The third kappa shape index (κ3) is 2.79. The van der Waals surface area contributed by atoms with Gasteiger partial charge in [0.1, 0.15) is 0 Å². The highest BCUT2D eigenvalue weighted by Gasteiger charge is 2.23. The molecule has 1 rings (SSSR count). The zero-order valence-electron chi connectivity index (χ0n) is 7.93. The molecule has 0 atom stereocenters. The van der Waals surface area contributed by atoms with Crippen LogP contribution >= 0.6 is 10.7 Å². The molecule has 0 bridgehead atoms. The lowest BCUT2D eigenvalue weighted by molar-refractivity contribution is 0.372. The Kier molecular flexibility index (Phi) is 3.69. The lowest BCUT2D eigenvalue weighted by Crippen LogP contribution is -2.06. The summed E-state index contributed by atoms with van der Waals surface area (Å²) in [7, 11) is 1.68. The molecular weight excluding hydrogens is 269 g/mol. The summed E-state index contributed by atoms with van der Waals surface area (Å²) in [6, 6.07) is 0.481. The third-order valence-electron chi connectivity index (χ3n) is 1.75. The van der Waals surface area contributed by atoms with Gasteiger partial charge in [-0.05, 0) is 0 Å². The molecule has 1 aromatic carbocycles. The molecule has 0 aliphatic heterocycles. The summed E-state index contributed by atoms with van der Waals surface area (Å²) in [6.07, 6.45) is 0. The van der Waals surface area contributed by atoms with Crippen LogP contribution in [0.1, 0.15) is 5.56 Å². The van der Waals surface area contributed by atoms with Gasteiger partial charge in [0, 0.05) is 22.3 Å². The fourth-order valence-corrected chi connectivity index (χ4v) is 2.00. The van der Waals surface area contributed by atoms with Gasteiger partial charge >= 0.3 is 0 Å². The van der Waals surface area contributed by atoms with Crippen molar-refractivity contribution in [3.8, 4) is 5.75 Å². The van der Waals surface area contributed by atoms with Crippen LogP contribution in [0.25, 0.3) is 0 Å². The Labute approximate surface area is 94.2 Å². The van der Waals surface area contributed by atoms with Crippen molar-refractivity contribution in [3.05, 3.63) is 29.1 Å². The Morgan fingerprint density at radius 3 is 2.31 bits per heavy atom. The number of halogens is 4. The first-order valence-corrected chi connectivity index (χ1v) is 6.36. The Balaban J connectivity index is 3.42. The molecule has 0 aromatic heterocycles. The average Bonchev–Trinajstić information content (AvgIpc) is 2.17. The van der Waals surface area contributed by atoms with E-state index in [0.717, 1.165) is 7.11 Å². The molecule has 0 radical (unpaired) electrons. The second kappa shape index (κ2) is 4.50. The van der Waals surface area contributed by atoms with Crippen molar-refractivity contribution < 1.29 is 26.3 Å². The molecule has 8 heteroatoms. The van der Waals surface area contributed by atoms with Gasteiger partial charge in [-0.3, -0.25) is 0 Å². The standard InChI is InChI=1S/C8H6ClF3O3S/c1-15-6-2-5(10)7(11)4(8(6)12)3-16(9,13)14/h2H,3H2,1H3. The van der Waals surface area contributed by atoms with Crippen LogP contribution in [0, 0.1) is 17.5 Å². The Morgan fingerprint density at radius 2 is 1.88 bits per heavy atom. The Hall–Kier alpha value is -0.950. The molecule has 0 heterocycles. The van der Waals surface area contributed by atoms with Gasteiger partial charge in [-0.1, -0.05) is 0 Å². The average molecular weight is 275 g/mol. The largest absolute Gasteiger partial charge is 0.494 e. The molecule has 0 saturated carbocycles. The molecule has 0 saturated heterocycles. The molecule has 1 aromatic rings. The summed E-state index contributed by atoms with van der Waals surface area (Å²) in [5, 5.41) is 0. The van der Waals surface area contributed by atoms with E-state index in [9.17, 15) is 21.6 Å². The quantitative estimate of drug-likeness (QED) is 0.627. The maximum atomic E-state index is 13.4. The second-order valence-corrected chi connectivity index (χ2v) is 5.63. The van der Waals surface area contributed by atoms with Crippen LogP contribution in [0.3, 0.4) is 0 Å². The van der Waals surface area contributed by atoms with Crippen molar-refractivity contribution in [3.63, 3.8) is 0 Å². The normalized spacial score (nSPS) is 11.6. The lowest BCUT2D eigenvalue weighted by Gasteiger charge is -2.08. The van der Waals surface area contributed by atoms with E-state index >= 15 is 0 Å². The number of hydrogen-bond acceptors (Lipinski definition) is 3. The predicted molar refractivity (Wildman–Crippen MR) is 51.3 cm³/mol. The van der Waals surface area contributed by atoms with E-state index in [0.29, 0.717) is 6.07 Å². The smallest absolute Gasteiger partial charge is 0.236 e. The van der Waals surface area contributed by atoms with E-state index in [1.165, 1.54) is 0 Å². The molecule has 0 fully saturated rings. The molecule has 0 amide bonds. The van der Waals surface area contributed by atoms with Crippen LogP contribution < -0.4 is 4.74 Å². The zero-order valence-corrected chi connectivity index (χ0v) is 9.50. The fraction of sp³-hybridized carbons (Fsp3) is 0.250. The number of ether oxygens (including phenoxy) is 1. The molecule has 16 heavy (non-hydrogen) atoms. The summed E-state index contributed by atoms with van der Waals surface area (Å²) in [6.45, 7) is 0. The van der Waals surface area contributed by atoms with Crippen LogP contribution in [-0.2, 0) is 14.8 Å². The first-order chi connectivity index (χ1) is 7.26. The minimum atomic E-state index is -4.19. The van der Waals surface area contributed by atoms with Gasteiger partial charge in [-0.15, -0.1) is 0 Å². The molecule has 0 N–H and O–H groups in total. The monoisotopic (exact) mass is 274 g/mol. The van der Waals surface area contributed by atoms with Gasteiger partial charge in [0.15, 0.2) is 23.2 Å². The number of hydrogen-bond donors (Lipinski definition) is 0. The van der Waals surface area contributed by atoms with Gasteiger partial charge in [0.25, 0.3) is 0 Å². The van der Waals surface area contributed by atoms with Crippen molar-refractivity contribution in [1.29, 1.82) is 0 Å². The van der Waals surface area contributed by atoms with E-state index in [2.05, 4.69) is 4.74 Å². The predicted octanol–water partition coefficient (Wildman–Crippen LogP) is 2.18. The molecule has 3 nitrogen and oxygen atoms in total. The van der Waals surface area contributed by atoms with E-state index in [-0.39, 0.29) is 0 Å². The van der Waals surface area contributed by atoms with E-state index in [1.807, 2.05) is 0 Å². The lowest BCUT2D eigenvalue weighted by atomic mass is 10.2. The van der Waals surface area contributed by atoms with Crippen molar-refractivity contribution in [2.45, 2.75) is 5.75 Å². The van der Waals surface area contributed by atoms with Gasteiger partial charge in [-0.25, -0.2) is 21.6 Å². The number of benzene rings is 1. The van der Waals surface area contributed by atoms with E-state index < -0.39 is 43.6 Å². The summed E-state index contributed by atoms with van der Waals surface area (Å²) >= 11 is 0. The minimum Gasteiger partial charge on any atom is -0.494 e. The van der Waals surface area contributed by atoms with Crippen LogP contribution in [0.15, 0.2) is 6.07 Å². The summed E-state index contributed by atoms with van der Waals surface area (Å²) < 4.78 is 65.2. The maximum Gasteiger partial charge on any atom is 0.236 e. The highest BCUT2D eigenvalue weighted by molar-refractivity contribution is 8.13. The van der Waals surface area contributed by atoms with E-state index in [4.69, 9.17) is 10.7 Å². The Bertz CT molecular complexity index is 516. The first-order valence-electron chi connectivity index (χ1n) is 3.89. The van der Waals surface area contributed by atoms with Gasteiger partial charge in [-0.2, -0.15) is 0 Å². The molecule has 0 unspecified atom stereocenters. The SMILES string of the molecule is COc1cc(F)c(F)c(CS(=O)(=O)Cl)c1F. The van der Waals surface area contributed by atoms with Gasteiger partial charge in [0.2, 0.25) is 9.05 Å². The first kappa shape index (κ1) is 13.1. The number of methoxy groups -OCH3 is 1. The molecule has 90 valence electrons. The van der Waals surface area contributed by atoms with Crippen molar-refractivity contribution >= 4 is 19.7 Å². The van der Waals surface area contributed by atoms with Gasteiger partial charge < -0.3 is 4.74 Å². The van der Waals surface area contributed by atoms with E-state index in [1.54, 1.807) is 0 Å². The zero-order chi connectivity index (χ0) is 12.5. The van der Waals surface area contributed by atoms with Crippen LogP contribution in [0.5, 0.6) is 5.75 Å². The molecular formula is C8H6ClF3O3S. The number of rotatable bonds is 3. The van der Waals surface area contributed by atoms with Crippen molar-refractivity contribution in [2.24, 2.45) is 0 Å². The Morgan fingerprint density at radius 1 is 1.31 bits per heavy atom. The highest BCUT2D eigenvalue weighted by atomic mass is 35.7. The van der Waals surface area contributed by atoms with Crippen molar-refractivity contribution in [2.75, 3.05) is 7.11 Å². The highest BCUT2D eigenvalue weighted by Crippen LogP contribution is 2.27.